The number of tetrazole rings is 1. The zero-order chi connectivity index (χ0) is 14.7. The maximum Gasteiger partial charge on any atom is 0.241 e. The van der Waals surface area contributed by atoms with Crippen LogP contribution in [0.1, 0.15) is 19.4 Å². The van der Waals surface area contributed by atoms with Crippen molar-refractivity contribution in [1.82, 2.24) is 20.2 Å². The van der Waals surface area contributed by atoms with Gasteiger partial charge in [-0.25, -0.2) is 4.68 Å². The van der Waals surface area contributed by atoms with Crippen LogP contribution in [0, 0.1) is 12.8 Å². The van der Waals surface area contributed by atoms with Gasteiger partial charge in [-0.1, -0.05) is 13.8 Å². The minimum atomic E-state index is -0.519. The number of anilines is 1. The van der Waals surface area contributed by atoms with Gasteiger partial charge < -0.3 is 11.1 Å². The van der Waals surface area contributed by atoms with Crippen molar-refractivity contribution < 1.29 is 4.79 Å². The van der Waals surface area contributed by atoms with Crippen LogP contribution in [0.25, 0.3) is 5.69 Å². The van der Waals surface area contributed by atoms with E-state index in [1.54, 1.807) is 10.7 Å². The first kappa shape index (κ1) is 14.1. The molecule has 2 rings (SSSR count). The molecule has 1 aromatic carbocycles. The molecule has 3 N–H and O–H groups in total. The quantitative estimate of drug-likeness (QED) is 0.862. The molecule has 20 heavy (non-hydrogen) atoms. The maximum absolute atomic E-state index is 11.9. The Morgan fingerprint density at radius 2 is 2.15 bits per heavy atom. The van der Waals surface area contributed by atoms with E-state index < -0.39 is 6.04 Å². The Morgan fingerprint density at radius 1 is 1.40 bits per heavy atom. The Morgan fingerprint density at radius 3 is 2.70 bits per heavy atom. The summed E-state index contributed by atoms with van der Waals surface area (Å²) in [5.74, 6) is -0.0915. The lowest BCUT2D eigenvalue weighted by atomic mass is 10.0. The fraction of sp³-hybridized carbons (Fsp3) is 0.385. The third-order valence-electron chi connectivity index (χ3n) is 3.08. The highest BCUT2D eigenvalue weighted by Gasteiger charge is 2.17. The summed E-state index contributed by atoms with van der Waals surface area (Å²) in [7, 11) is 0. The van der Waals surface area contributed by atoms with Gasteiger partial charge in [-0.15, -0.1) is 5.10 Å². The van der Waals surface area contributed by atoms with E-state index >= 15 is 0 Å². The van der Waals surface area contributed by atoms with Crippen LogP contribution in [0.3, 0.4) is 0 Å². The minimum Gasteiger partial charge on any atom is -0.325 e. The number of amides is 1. The van der Waals surface area contributed by atoms with E-state index in [-0.39, 0.29) is 11.8 Å². The molecular weight excluding hydrogens is 256 g/mol. The van der Waals surface area contributed by atoms with Crippen molar-refractivity contribution in [1.29, 1.82) is 0 Å². The molecule has 7 heteroatoms. The predicted octanol–water partition coefficient (Wildman–Crippen LogP) is 0.893. The number of nitrogens with zero attached hydrogens (tertiary/aromatic N) is 4. The van der Waals surface area contributed by atoms with Crippen LogP contribution in [0.5, 0.6) is 0 Å². The summed E-state index contributed by atoms with van der Waals surface area (Å²) in [5.41, 5.74) is 8.33. The fourth-order valence-corrected chi connectivity index (χ4v) is 1.79. The Hall–Kier alpha value is -2.28. The number of carbonyl (C=O) groups excluding carboxylic acids is 1. The van der Waals surface area contributed by atoms with Gasteiger partial charge in [-0.2, -0.15) is 0 Å². The summed E-state index contributed by atoms with van der Waals surface area (Å²) >= 11 is 0. The van der Waals surface area contributed by atoms with Crippen LogP contribution in [-0.4, -0.2) is 32.2 Å². The molecule has 0 aliphatic heterocycles. The van der Waals surface area contributed by atoms with Crippen LogP contribution in [0.15, 0.2) is 24.5 Å². The second-order valence-electron chi connectivity index (χ2n) is 5.01. The zero-order valence-corrected chi connectivity index (χ0v) is 11.7. The molecule has 0 saturated heterocycles. The highest BCUT2D eigenvalue weighted by atomic mass is 16.2. The Kier molecular flexibility index (Phi) is 4.09. The number of aromatic nitrogens is 4. The van der Waals surface area contributed by atoms with Gasteiger partial charge in [0.25, 0.3) is 0 Å². The number of hydrogen-bond donors (Lipinski definition) is 2. The van der Waals surface area contributed by atoms with Crippen LogP contribution in [-0.2, 0) is 4.79 Å². The molecule has 0 saturated carbocycles. The van der Waals surface area contributed by atoms with E-state index in [4.69, 9.17) is 5.73 Å². The number of aryl methyl sites for hydroxylation is 1. The van der Waals surface area contributed by atoms with E-state index in [9.17, 15) is 4.79 Å². The second kappa shape index (κ2) is 5.79. The molecule has 106 valence electrons. The van der Waals surface area contributed by atoms with Gasteiger partial charge in [0.05, 0.1) is 11.7 Å². The maximum atomic E-state index is 11.9. The third-order valence-corrected chi connectivity index (χ3v) is 3.08. The first-order chi connectivity index (χ1) is 9.49. The van der Waals surface area contributed by atoms with Crippen molar-refractivity contribution in [3.05, 3.63) is 30.1 Å². The van der Waals surface area contributed by atoms with Gasteiger partial charge in [-0.05, 0) is 47.0 Å². The number of rotatable bonds is 4. The molecule has 0 radical (unpaired) electrons. The number of benzene rings is 1. The molecule has 1 heterocycles. The van der Waals surface area contributed by atoms with Gasteiger partial charge >= 0.3 is 0 Å². The molecule has 2 aromatic rings. The zero-order valence-electron chi connectivity index (χ0n) is 11.7. The summed E-state index contributed by atoms with van der Waals surface area (Å²) in [6.07, 6.45) is 1.52. The molecular formula is C13H18N6O. The molecule has 0 spiro atoms. The Bertz CT molecular complexity index is 593. The largest absolute Gasteiger partial charge is 0.325 e. The summed E-state index contributed by atoms with van der Waals surface area (Å²) in [5, 5.41) is 13.8. The molecule has 0 bridgehead atoms. The molecule has 0 aliphatic rings. The van der Waals surface area contributed by atoms with E-state index in [0.29, 0.717) is 5.69 Å². The van der Waals surface area contributed by atoms with E-state index in [2.05, 4.69) is 20.8 Å². The lowest BCUT2D eigenvalue weighted by Crippen LogP contribution is -2.39. The molecule has 7 nitrogen and oxygen atoms in total. The summed E-state index contributed by atoms with van der Waals surface area (Å²) in [6, 6.07) is 4.99. The van der Waals surface area contributed by atoms with Crippen molar-refractivity contribution in [3.63, 3.8) is 0 Å². The molecule has 1 amide bonds. The smallest absolute Gasteiger partial charge is 0.241 e. The topological polar surface area (TPSA) is 98.7 Å². The highest BCUT2D eigenvalue weighted by Crippen LogP contribution is 2.18. The molecule has 1 unspecified atom stereocenters. The monoisotopic (exact) mass is 274 g/mol. The van der Waals surface area contributed by atoms with Crippen LogP contribution >= 0.6 is 0 Å². The Labute approximate surface area is 117 Å². The fourth-order valence-electron chi connectivity index (χ4n) is 1.79. The number of nitrogens with one attached hydrogen (secondary N) is 1. The lowest BCUT2D eigenvalue weighted by molar-refractivity contribution is -0.118. The van der Waals surface area contributed by atoms with Crippen molar-refractivity contribution in [3.8, 4) is 5.69 Å². The third kappa shape index (κ3) is 3.00. The summed E-state index contributed by atoms with van der Waals surface area (Å²) in [6.45, 7) is 5.75. The van der Waals surface area contributed by atoms with Crippen molar-refractivity contribution >= 4 is 11.6 Å². The standard InChI is InChI=1S/C13H18N6O/c1-8(2)12(14)13(20)16-10-4-5-11(9(3)6-10)19-7-15-17-18-19/h4-8,12H,14H2,1-3H3,(H,16,20). The predicted molar refractivity (Wildman–Crippen MR) is 75.3 cm³/mol. The summed E-state index contributed by atoms with van der Waals surface area (Å²) < 4.78 is 1.57. The second-order valence-corrected chi connectivity index (χ2v) is 5.01. The first-order valence-corrected chi connectivity index (χ1v) is 6.39. The molecule has 0 aliphatic carbocycles. The first-order valence-electron chi connectivity index (χ1n) is 6.39. The highest BCUT2D eigenvalue weighted by molar-refractivity contribution is 5.95. The number of carbonyl (C=O) groups is 1. The number of nitrogens with two attached hydrogens (primary N) is 1. The van der Waals surface area contributed by atoms with Crippen LogP contribution < -0.4 is 11.1 Å². The van der Waals surface area contributed by atoms with Crippen molar-refractivity contribution in [2.45, 2.75) is 26.8 Å². The van der Waals surface area contributed by atoms with Gasteiger partial charge in [0.15, 0.2) is 0 Å². The van der Waals surface area contributed by atoms with E-state index in [0.717, 1.165) is 11.3 Å². The minimum absolute atomic E-state index is 0.0941. The lowest BCUT2D eigenvalue weighted by Gasteiger charge is -2.16. The molecule has 1 atom stereocenters. The van der Waals surface area contributed by atoms with Gasteiger partial charge in [0.2, 0.25) is 5.91 Å². The van der Waals surface area contributed by atoms with Crippen LogP contribution in [0.2, 0.25) is 0 Å². The normalized spacial score (nSPS) is 12.4. The Balaban J connectivity index is 2.16. The average Bonchev–Trinajstić information content (AvgIpc) is 2.91. The van der Waals surface area contributed by atoms with Gasteiger partial charge in [-0.3, -0.25) is 4.79 Å². The van der Waals surface area contributed by atoms with Crippen molar-refractivity contribution in [2.75, 3.05) is 5.32 Å². The molecule has 1 aromatic heterocycles. The molecule has 0 fully saturated rings. The van der Waals surface area contributed by atoms with Gasteiger partial charge in [0.1, 0.15) is 6.33 Å². The van der Waals surface area contributed by atoms with Gasteiger partial charge in [0, 0.05) is 5.69 Å². The van der Waals surface area contributed by atoms with Crippen LogP contribution in [0.4, 0.5) is 5.69 Å². The van der Waals surface area contributed by atoms with E-state index in [1.165, 1.54) is 6.33 Å². The van der Waals surface area contributed by atoms with E-state index in [1.807, 2.05) is 32.9 Å². The average molecular weight is 274 g/mol. The SMILES string of the molecule is Cc1cc(NC(=O)C(N)C(C)C)ccc1-n1cnnn1. The van der Waals surface area contributed by atoms with Crippen molar-refractivity contribution in [2.24, 2.45) is 11.7 Å². The summed E-state index contributed by atoms with van der Waals surface area (Å²) in [4.78, 5) is 11.9. The number of hydrogen-bond acceptors (Lipinski definition) is 5.